The summed E-state index contributed by atoms with van der Waals surface area (Å²) < 4.78 is 22.1. The predicted octanol–water partition coefficient (Wildman–Crippen LogP) is 4.11. The van der Waals surface area contributed by atoms with Crippen LogP contribution in [0.4, 0.5) is 0 Å². The van der Waals surface area contributed by atoms with Gasteiger partial charge in [-0.05, 0) is 59.6 Å². The second-order valence-corrected chi connectivity index (χ2v) is 7.41. The molecule has 1 heterocycles. The Bertz CT molecular complexity index is 1030. The number of benzene rings is 1. The van der Waals surface area contributed by atoms with Gasteiger partial charge in [0.15, 0.2) is 0 Å². The summed E-state index contributed by atoms with van der Waals surface area (Å²) >= 11 is 0. The lowest BCUT2D eigenvalue weighted by atomic mass is 10.0. The largest absolute Gasteiger partial charge is 0.462 e. The summed E-state index contributed by atoms with van der Waals surface area (Å²) in [6, 6.07) is 3.72. The molecule has 0 atom stereocenters. The fraction of sp³-hybridized carbons (Fsp3) is 0.440. The summed E-state index contributed by atoms with van der Waals surface area (Å²) in [5.41, 5.74) is 1.39. The Balaban J connectivity index is 3.20. The Morgan fingerprint density at radius 3 is 1.26 bits per heavy atom. The van der Waals surface area contributed by atoms with Crippen LogP contribution >= 0.6 is 0 Å². The first-order valence-electron chi connectivity index (χ1n) is 11.2. The molecule has 9 nitrogen and oxygen atoms in total. The fourth-order valence-electron chi connectivity index (χ4n) is 3.91. The molecule has 0 saturated carbocycles. The summed E-state index contributed by atoms with van der Waals surface area (Å²) in [7, 11) is 0. The molecular formula is C25H31NO8. The summed E-state index contributed by atoms with van der Waals surface area (Å²) in [6.45, 7) is 11.9. The molecule has 2 aromatic rings. The van der Waals surface area contributed by atoms with Crippen molar-refractivity contribution in [1.82, 2.24) is 4.57 Å². The van der Waals surface area contributed by atoms with Gasteiger partial charge in [0.05, 0.1) is 32.1 Å². The van der Waals surface area contributed by atoms with E-state index in [0.717, 1.165) is 5.56 Å². The molecular weight excluding hydrogens is 442 g/mol. The molecule has 1 aromatic heterocycles. The molecule has 1 aromatic carbocycles. The molecule has 0 fully saturated rings. The third kappa shape index (κ3) is 5.13. The summed E-state index contributed by atoms with van der Waals surface area (Å²) in [6.07, 6.45) is 0. The molecule has 0 radical (unpaired) electrons. The molecule has 0 aliphatic rings. The van der Waals surface area contributed by atoms with E-state index in [0.29, 0.717) is 16.8 Å². The van der Waals surface area contributed by atoms with Crippen molar-refractivity contribution in [1.29, 1.82) is 0 Å². The summed E-state index contributed by atoms with van der Waals surface area (Å²) in [5.74, 6) is -3.71. The zero-order valence-electron chi connectivity index (χ0n) is 20.7. The minimum Gasteiger partial charge on any atom is -0.462 e. The molecule has 34 heavy (non-hydrogen) atoms. The minimum absolute atomic E-state index is 0.00161. The third-order valence-corrected chi connectivity index (χ3v) is 4.93. The first kappa shape index (κ1) is 26.6. The number of carbonyl (C=O) groups is 4. The molecule has 0 saturated heterocycles. The molecule has 0 bridgehead atoms. The third-order valence-electron chi connectivity index (χ3n) is 4.93. The molecule has 0 unspecified atom stereocenters. The topological polar surface area (TPSA) is 110 Å². The number of esters is 4. The van der Waals surface area contributed by atoms with Crippen LogP contribution in [0.15, 0.2) is 12.1 Å². The van der Waals surface area contributed by atoms with Crippen LogP contribution in [-0.4, -0.2) is 54.9 Å². The number of nitrogens with zero attached hydrogens (tertiary/aromatic N) is 1. The van der Waals surface area contributed by atoms with Gasteiger partial charge in [-0.15, -0.1) is 0 Å². The van der Waals surface area contributed by atoms with Crippen molar-refractivity contribution in [3.8, 4) is 5.69 Å². The number of ether oxygens (including phenoxy) is 4. The maximum Gasteiger partial charge on any atom is 0.356 e. The van der Waals surface area contributed by atoms with Gasteiger partial charge in [-0.2, -0.15) is 0 Å². The van der Waals surface area contributed by atoms with Crippen LogP contribution in [0.2, 0.25) is 0 Å². The van der Waals surface area contributed by atoms with Crippen LogP contribution in [0.5, 0.6) is 0 Å². The van der Waals surface area contributed by atoms with Crippen molar-refractivity contribution < 1.29 is 38.1 Å². The van der Waals surface area contributed by atoms with Gasteiger partial charge in [0.1, 0.15) is 22.5 Å². The maximum atomic E-state index is 13.2. The van der Waals surface area contributed by atoms with E-state index in [1.807, 2.05) is 19.1 Å². The zero-order chi connectivity index (χ0) is 25.6. The van der Waals surface area contributed by atoms with Crippen molar-refractivity contribution in [2.45, 2.75) is 48.5 Å². The van der Waals surface area contributed by atoms with Crippen molar-refractivity contribution in [2.75, 3.05) is 26.4 Å². The molecule has 9 heteroatoms. The maximum absolute atomic E-state index is 13.2. The van der Waals surface area contributed by atoms with Gasteiger partial charge in [-0.25, -0.2) is 19.2 Å². The van der Waals surface area contributed by atoms with Gasteiger partial charge in [-0.3, -0.25) is 4.57 Å². The number of rotatable bonds is 9. The first-order valence-corrected chi connectivity index (χ1v) is 11.2. The molecule has 0 aliphatic carbocycles. The average Bonchev–Trinajstić information content (AvgIpc) is 3.10. The normalized spacial score (nSPS) is 10.6. The fourth-order valence-corrected chi connectivity index (χ4v) is 3.91. The van der Waals surface area contributed by atoms with Crippen LogP contribution in [0.25, 0.3) is 5.69 Å². The summed E-state index contributed by atoms with van der Waals surface area (Å²) in [4.78, 5) is 52.7. The predicted molar refractivity (Wildman–Crippen MR) is 124 cm³/mol. The number of aromatic nitrogens is 1. The van der Waals surface area contributed by atoms with E-state index in [-0.39, 0.29) is 37.8 Å². The van der Waals surface area contributed by atoms with Crippen molar-refractivity contribution in [3.63, 3.8) is 0 Å². The molecule has 0 spiro atoms. The summed E-state index contributed by atoms with van der Waals surface area (Å²) in [5, 5.41) is 0. The standard InChI is InChI=1S/C25H31NO8/c1-8-31-22(27)17-18(23(28)32-9-2)21(25(30)34-11-4)26(20(17)24(29)33-10-3)19-15(6)12-14(5)13-16(19)7/h12-13H,8-11H2,1-7H3. The van der Waals surface area contributed by atoms with Gasteiger partial charge in [0.2, 0.25) is 0 Å². The van der Waals surface area contributed by atoms with E-state index >= 15 is 0 Å². The van der Waals surface area contributed by atoms with E-state index in [4.69, 9.17) is 18.9 Å². The van der Waals surface area contributed by atoms with Gasteiger partial charge < -0.3 is 18.9 Å². The van der Waals surface area contributed by atoms with Crippen LogP contribution in [0, 0.1) is 20.8 Å². The zero-order valence-corrected chi connectivity index (χ0v) is 20.7. The molecule has 0 N–H and O–H groups in total. The lowest BCUT2D eigenvalue weighted by Gasteiger charge is -2.18. The van der Waals surface area contributed by atoms with Crippen LogP contribution in [0.1, 0.15) is 86.1 Å². The molecule has 0 aliphatic heterocycles. The van der Waals surface area contributed by atoms with Crippen molar-refractivity contribution in [3.05, 3.63) is 51.3 Å². The minimum atomic E-state index is -0.958. The van der Waals surface area contributed by atoms with Gasteiger partial charge >= 0.3 is 23.9 Å². The lowest BCUT2D eigenvalue weighted by molar-refractivity contribution is 0.0453. The Hall–Kier alpha value is -3.62. The molecule has 0 amide bonds. The highest BCUT2D eigenvalue weighted by atomic mass is 16.5. The Morgan fingerprint density at radius 2 is 0.941 bits per heavy atom. The second-order valence-electron chi connectivity index (χ2n) is 7.41. The van der Waals surface area contributed by atoms with Gasteiger partial charge in [0.25, 0.3) is 0 Å². The van der Waals surface area contributed by atoms with E-state index < -0.39 is 35.0 Å². The number of hydrogen-bond acceptors (Lipinski definition) is 8. The van der Waals surface area contributed by atoms with Crippen molar-refractivity contribution >= 4 is 23.9 Å². The second kappa shape index (κ2) is 11.5. The number of carbonyl (C=O) groups excluding carboxylic acids is 4. The Kier molecular flexibility index (Phi) is 9.00. The van der Waals surface area contributed by atoms with E-state index in [2.05, 4.69) is 0 Å². The van der Waals surface area contributed by atoms with E-state index in [1.54, 1.807) is 41.5 Å². The Morgan fingerprint density at radius 1 is 0.618 bits per heavy atom. The first-order chi connectivity index (χ1) is 16.1. The van der Waals surface area contributed by atoms with Gasteiger partial charge in [-0.1, -0.05) is 17.7 Å². The average molecular weight is 474 g/mol. The number of aryl methyl sites for hydroxylation is 3. The quantitative estimate of drug-likeness (QED) is 0.395. The van der Waals surface area contributed by atoms with Crippen LogP contribution in [0.3, 0.4) is 0 Å². The van der Waals surface area contributed by atoms with E-state index in [1.165, 1.54) is 4.57 Å². The molecule has 2 rings (SSSR count). The number of hydrogen-bond donors (Lipinski definition) is 0. The highest BCUT2D eigenvalue weighted by Crippen LogP contribution is 2.33. The highest BCUT2D eigenvalue weighted by Gasteiger charge is 2.40. The van der Waals surface area contributed by atoms with Crippen LogP contribution < -0.4 is 0 Å². The smallest absolute Gasteiger partial charge is 0.356 e. The lowest BCUT2D eigenvalue weighted by Crippen LogP contribution is -2.20. The van der Waals surface area contributed by atoms with Crippen molar-refractivity contribution in [2.24, 2.45) is 0 Å². The molecule has 184 valence electrons. The monoisotopic (exact) mass is 473 g/mol. The SMILES string of the molecule is CCOC(=O)c1c(C(=O)OCC)c(C(=O)OCC)n(-c2c(C)cc(C)cc2C)c1C(=O)OCC. The van der Waals surface area contributed by atoms with Gasteiger partial charge in [0, 0.05) is 0 Å². The van der Waals surface area contributed by atoms with Crippen LogP contribution in [-0.2, 0) is 18.9 Å². The van der Waals surface area contributed by atoms with E-state index in [9.17, 15) is 19.2 Å². The Labute approximate surface area is 198 Å². The highest BCUT2D eigenvalue weighted by molar-refractivity contribution is 6.16.